The number of nitrogens with zero attached hydrogens (tertiary/aromatic N) is 1. The molecule has 0 spiro atoms. The largest absolute Gasteiger partial charge is 0.326 e. The standard InChI is InChI=1S/C17H20N2O3S/c1-13-6-4-5-7-16(13)18-17(20)12-14-8-10-15(11-9-14)19(2)23(3,21)22/h4-11H,12H2,1-3H3,(H,18,20). The maximum Gasteiger partial charge on any atom is 0.231 e. The molecule has 0 aliphatic heterocycles. The van der Waals surface area contributed by atoms with Crippen LogP contribution in [0.15, 0.2) is 48.5 Å². The summed E-state index contributed by atoms with van der Waals surface area (Å²) in [7, 11) is -1.79. The maximum atomic E-state index is 12.1. The first-order valence-electron chi connectivity index (χ1n) is 7.15. The Morgan fingerprint density at radius 2 is 1.70 bits per heavy atom. The van der Waals surface area contributed by atoms with E-state index in [1.54, 1.807) is 24.3 Å². The number of nitrogens with one attached hydrogen (secondary N) is 1. The second kappa shape index (κ2) is 6.83. The zero-order chi connectivity index (χ0) is 17.0. The number of carbonyl (C=O) groups excluding carboxylic acids is 1. The number of benzene rings is 2. The minimum atomic E-state index is -3.28. The molecule has 0 heterocycles. The Bertz CT molecular complexity index is 799. The van der Waals surface area contributed by atoms with Gasteiger partial charge in [0.05, 0.1) is 18.4 Å². The number of anilines is 2. The van der Waals surface area contributed by atoms with Gasteiger partial charge in [-0.15, -0.1) is 0 Å². The summed E-state index contributed by atoms with van der Waals surface area (Å²) in [4.78, 5) is 12.1. The second-order valence-corrected chi connectivity index (χ2v) is 7.45. The average molecular weight is 332 g/mol. The Morgan fingerprint density at radius 3 is 2.26 bits per heavy atom. The minimum Gasteiger partial charge on any atom is -0.326 e. The van der Waals surface area contributed by atoms with Crippen molar-refractivity contribution in [3.63, 3.8) is 0 Å². The van der Waals surface area contributed by atoms with Crippen LogP contribution in [0.4, 0.5) is 11.4 Å². The summed E-state index contributed by atoms with van der Waals surface area (Å²) in [6.07, 6.45) is 1.38. The third-order valence-electron chi connectivity index (χ3n) is 3.58. The van der Waals surface area contributed by atoms with Crippen molar-refractivity contribution in [3.05, 3.63) is 59.7 Å². The normalized spacial score (nSPS) is 11.1. The van der Waals surface area contributed by atoms with Gasteiger partial charge in [0, 0.05) is 12.7 Å². The fourth-order valence-corrected chi connectivity index (χ4v) is 2.61. The topological polar surface area (TPSA) is 66.5 Å². The van der Waals surface area contributed by atoms with Gasteiger partial charge in [-0.2, -0.15) is 0 Å². The van der Waals surface area contributed by atoms with E-state index >= 15 is 0 Å². The van der Waals surface area contributed by atoms with Crippen LogP contribution in [0.3, 0.4) is 0 Å². The van der Waals surface area contributed by atoms with Gasteiger partial charge in [0.1, 0.15) is 0 Å². The summed E-state index contributed by atoms with van der Waals surface area (Å²) in [5.74, 6) is -0.108. The lowest BCUT2D eigenvalue weighted by atomic mass is 10.1. The molecule has 0 fully saturated rings. The number of para-hydroxylation sites is 1. The molecule has 0 radical (unpaired) electrons. The molecule has 122 valence electrons. The molecule has 0 aliphatic carbocycles. The van der Waals surface area contributed by atoms with Gasteiger partial charge in [0.15, 0.2) is 0 Å². The van der Waals surface area contributed by atoms with E-state index < -0.39 is 10.0 Å². The smallest absolute Gasteiger partial charge is 0.231 e. The van der Waals surface area contributed by atoms with Gasteiger partial charge in [0.25, 0.3) is 0 Å². The summed E-state index contributed by atoms with van der Waals surface area (Å²) in [6.45, 7) is 1.94. The molecular weight excluding hydrogens is 312 g/mol. The third kappa shape index (κ3) is 4.56. The molecule has 5 nitrogen and oxygen atoms in total. The Morgan fingerprint density at radius 1 is 1.09 bits per heavy atom. The van der Waals surface area contributed by atoms with E-state index in [0.29, 0.717) is 5.69 Å². The average Bonchev–Trinajstić information content (AvgIpc) is 2.49. The Kier molecular flexibility index (Phi) is 5.05. The summed E-state index contributed by atoms with van der Waals surface area (Å²) in [5, 5.41) is 2.88. The molecule has 0 aliphatic rings. The highest BCUT2D eigenvalue weighted by Crippen LogP contribution is 2.17. The Balaban J connectivity index is 2.04. The number of sulfonamides is 1. The molecule has 1 N–H and O–H groups in total. The molecule has 0 aromatic heterocycles. The van der Waals surface area contributed by atoms with E-state index in [1.807, 2.05) is 31.2 Å². The van der Waals surface area contributed by atoms with Gasteiger partial charge in [-0.1, -0.05) is 30.3 Å². The molecule has 2 aromatic rings. The van der Waals surface area contributed by atoms with Crippen LogP contribution in [0, 0.1) is 6.92 Å². The number of aryl methyl sites for hydroxylation is 1. The minimum absolute atomic E-state index is 0.108. The van der Waals surface area contributed by atoms with E-state index in [1.165, 1.54) is 11.4 Å². The quantitative estimate of drug-likeness (QED) is 0.915. The fourth-order valence-electron chi connectivity index (χ4n) is 2.11. The molecule has 0 saturated carbocycles. The Labute approximate surface area is 137 Å². The van der Waals surface area contributed by atoms with Gasteiger partial charge in [0.2, 0.25) is 15.9 Å². The molecular formula is C17H20N2O3S. The van der Waals surface area contributed by atoms with Gasteiger partial charge in [-0.05, 0) is 36.2 Å². The van der Waals surface area contributed by atoms with Crippen molar-refractivity contribution in [3.8, 4) is 0 Å². The first-order valence-corrected chi connectivity index (χ1v) is 9.00. The van der Waals surface area contributed by atoms with E-state index in [4.69, 9.17) is 0 Å². The molecule has 0 saturated heterocycles. The predicted molar refractivity (Wildman–Crippen MR) is 93.2 cm³/mol. The summed E-state index contributed by atoms with van der Waals surface area (Å²) < 4.78 is 24.2. The van der Waals surface area contributed by atoms with Gasteiger partial charge < -0.3 is 5.32 Å². The number of rotatable bonds is 5. The van der Waals surface area contributed by atoms with E-state index in [9.17, 15) is 13.2 Å². The molecule has 1 amide bonds. The zero-order valence-electron chi connectivity index (χ0n) is 13.4. The molecule has 2 rings (SSSR count). The van der Waals surface area contributed by atoms with E-state index in [-0.39, 0.29) is 12.3 Å². The predicted octanol–water partition coefficient (Wildman–Crippen LogP) is 2.57. The number of hydrogen-bond donors (Lipinski definition) is 1. The number of amides is 1. The van der Waals surface area contributed by atoms with Crippen LogP contribution in [0.1, 0.15) is 11.1 Å². The van der Waals surface area contributed by atoms with Crippen molar-refractivity contribution >= 4 is 27.3 Å². The highest BCUT2D eigenvalue weighted by atomic mass is 32.2. The van der Waals surface area contributed by atoms with Crippen molar-refractivity contribution in [1.82, 2.24) is 0 Å². The van der Waals surface area contributed by atoms with Crippen LogP contribution in [-0.2, 0) is 21.2 Å². The van der Waals surface area contributed by atoms with Gasteiger partial charge in [-0.3, -0.25) is 9.10 Å². The highest BCUT2D eigenvalue weighted by molar-refractivity contribution is 7.92. The van der Waals surface area contributed by atoms with Crippen molar-refractivity contribution in [1.29, 1.82) is 0 Å². The van der Waals surface area contributed by atoms with Crippen LogP contribution in [0.5, 0.6) is 0 Å². The molecule has 23 heavy (non-hydrogen) atoms. The lowest BCUT2D eigenvalue weighted by Gasteiger charge is -2.16. The van der Waals surface area contributed by atoms with Crippen LogP contribution in [0.2, 0.25) is 0 Å². The van der Waals surface area contributed by atoms with E-state index in [2.05, 4.69) is 5.32 Å². The highest BCUT2D eigenvalue weighted by Gasteiger charge is 2.12. The van der Waals surface area contributed by atoms with Crippen molar-refractivity contribution in [2.24, 2.45) is 0 Å². The van der Waals surface area contributed by atoms with Crippen LogP contribution >= 0.6 is 0 Å². The monoisotopic (exact) mass is 332 g/mol. The number of carbonyl (C=O) groups is 1. The van der Waals surface area contributed by atoms with Gasteiger partial charge >= 0.3 is 0 Å². The summed E-state index contributed by atoms with van der Waals surface area (Å²) in [5.41, 5.74) is 3.19. The first-order chi connectivity index (χ1) is 10.8. The molecule has 0 atom stereocenters. The van der Waals surface area contributed by atoms with Crippen LogP contribution < -0.4 is 9.62 Å². The Hall–Kier alpha value is -2.34. The van der Waals surface area contributed by atoms with Gasteiger partial charge in [-0.25, -0.2) is 8.42 Å². The SMILES string of the molecule is Cc1ccccc1NC(=O)Cc1ccc(N(C)S(C)(=O)=O)cc1. The second-order valence-electron chi connectivity index (χ2n) is 5.44. The maximum absolute atomic E-state index is 12.1. The zero-order valence-corrected chi connectivity index (χ0v) is 14.2. The molecule has 6 heteroatoms. The number of hydrogen-bond acceptors (Lipinski definition) is 3. The summed E-state index contributed by atoms with van der Waals surface area (Å²) >= 11 is 0. The fraction of sp³-hybridized carbons (Fsp3) is 0.235. The van der Waals surface area contributed by atoms with Crippen molar-refractivity contribution < 1.29 is 13.2 Å². The van der Waals surface area contributed by atoms with Crippen LogP contribution in [-0.4, -0.2) is 27.6 Å². The lowest BCUT2D eigenvalue weighted by Crippen LogP contribution is -2.24. The summed E-state index contributed by atoms with van der Waals surface area (Å²) in [6, 6.07) is 14.5. The molecule has 2 aromatic carbocycles. The van der Waals surface area contributed by atoms with Crippen LogP contribution in [0.25, 0.3) is 0 Å². The van der Waals surface area contributed by atoms with Crippen molar-refractivity contribution in [2.45, 2.75) is 13.3 Å². The first kappa shape index (κ1) is 17.0. The lowest BCUT2D eigenvalue weighted by molar-refractivity contribution is -0.115. The van der Waals surface area contributed by atoms with Crippen molar-refractivity contribution in [2.75, 3.05) is 22.9 Å². The van der Waals surface area contributed by atoms with E-state index in [0.717, 1.165) is 23.1 Å². The molecule has 0 bridgehead atoms. The third-order valence-corrected chi connectivity index (χ3v) is 4.79. The molecule has 0 unspecified atom stereocenters.